The van der Waals surface area contributed by atoms with Crippen molar-refractivity contribution in [3.63, 3.8) is 0 Å². The van der Waals surface area contributed by atoms with Gasteiger partial charge in [0.05, 0.1) is 10.8 Å². The monoisotopic (exact) mass is 363 g/mol. The maximum atomic E-state index is 12.4. The lowest BCUT2D eigenvalue weighted by molar-refractivity contribution is -0.143. The molecule has 1 amide bonds. The molecule has 134 valence electrons. The molecule has 1 aliphatic rings. The molecule has 1 atom stereocenters. The van der Waals surface area contributed by atoms with Crippen molar-refractivity contribution in [2.45, 2.75) is 45.1 Å². The van der Waals surface area contributed by atoms with Crippen LogP contribution in [0.15, 0.2) is 22.0 Å². The molecule has 1 aliphatic carbocycles. The number of aliphatic carboxylic acids is 1. The first-order valence-electron chi connectivity index (χ1n) is 8.43. The molecule has 7 nitrogen and oxygen atoms in total. The number of carbonyl (C=O) groups is 2. The minimum atomic E-state index is -0.870. The van der Waals surface area contributed by atoms with E-state index in [9.17, 15) is 9.59 Å². The Labute approximate surface area is 149 Å². The van der Waals surface area contributed by atoms with Crippen LogP contribution in [0.3, 0.4) is 0 Å². The molecule has 0 radical (unpaired) electrons. The fraction of sp³-hybridized carbons (Fsp3) is 0.529. The minimum Gasteiger partial charge on any atom is -0.481 e. The zero-order chi connectivity index (χ0) is 17.8. The van der Waals surface area contributed by atoms with Gasteiger partial charge < -0.3 is 14.5 Å². The van der Waals surface area contributed by atoms with Gasteiger partial charge in [-0.2, -0.15) is 4.98 Å². The summed E-state index contributed by atoms with van der Waals surface area (Å²) in [6, 6.07) is 4.07. The highest BCUT2D eigenvalue weighted by atomic mass is 32.1. The van der Waals surface area contributed by atoms with Crippen LogP contribution in [-0.2, 0) is 16.0 Å². The van der Waals surface area contributed by atoms with E-state index >= 15 is 0 Å². The first kappa shape index (κ1) is 17.6. The average molecular weight is 363 g/mol. The molecule has 1 saturated carbocycles. The van der Waals surface area contributed by atoms with Crippen LogP contribution in [0.1, 0.15) is 38.5 Å². The van der Waals surface area contributed by atoms with Gasteiger partial charge in [0.25, 0.3) is 0 Å². The van der Waals surface area contributed by atoms with Gasteiger partial charge in [-0.3, -0.25) is 9.59 Å². The van der Waals surface area contributed by atoms with Gasteiger partial charge >= 0.3 is 5.97 Å². The van der Waals surface area contributed by atoms with Gasteiger partial charge in [-0.25, -0.2) is 0 Å². The summed E-state index contributed by atoms with van der Waals surface area (Å²) in [5, 5.41) is 15.0. The van der Waals surface area contributed by atoms with Crippen LogP contribution in [0.4, 0.5) is 0 Å². The lowest BCUT2D eigenvalue weighted by Gasteiger charge is -2.24. The summed E-state index contributed by atoms with van der Waals surface area (Å²) in [5.74, 6) is -0.313. The number of nitrogens with zero attached hydrogens (tertiary/aromatic N) is 3. The normalized spacial score (nSPS) is 15.1. The Morgan fingerprint density at radius 3 is 2.92 bits per heavy atom. The molecule has 8 heteroatoms. The van der Waals surface area contributed by atoms with E-state index in [4.69, 9.17) is 9.63 Å². The molecule has 3 rings (SSSR count). The second-order valence-corrected chi connectivity index (χ2v) is 7.31. The number of carboxylic acid groups (broad SMARTS) is 1. The molecule has 1 N–H and O–H groups in total. The highest BCUT2D eigenvalue weighted by molar-refractivity contribution is 7.13. The molecule has 0 saturated heterocycles. The number of aryl methyl sites for hydroxylation is 1. The van der Waals surface area contributed by atoms with Gasteiger partial charge in [0.2, 0.25) is 17.6 Å². The van der Waals surface area contributed by atoms with Crippen molar-refractivity contribution in [1.29, 1.82) is 0 Å². The lowest BCUT2D eigenvalue weighted by atomic mass is 10.1. The third-order valence-electron chi connectivity index (χ3n) is 4.19. The van der Waals surface area contributed by atoms with E-state index < -0.39 is 11.9 Å². The number of hydrogen-bond acceptors (Lipinski definition) is 6. The van der Waals surface area contributed by atoms with Crippen LogP contribution in [0.25, 0.3) is 10.7 Å². The van der Waals surface area contributed by atoms with Crippen molar-refractivity contribution in [3.05, 3.63) is 23.4 Å². The van der Waals surface area contributed by atoms with Crippen molar-refractivity contribution in [2.24, 2.45) is 5.92 Å². The summed E-state index contributed by atoms with van der Waals surface area (Å²) in [4.78, 5) is 30.5. The first-order valence-corrected chi connectivity index (χ1v) is 9.31. The number of carboxylic acids is 1. The molecule has 0 aliphatic heterocycles. The number of carbonyl (C=O) groups excluding carboxylic acids is 1. The van der Waals surface area contributed by atoms with Crippen molar-refractivity contribution in [3.8, 4) is 10.7 Å². The minimum absolute atomic E-state index is 0.00796. The maximum Gasteiger partial charge on any atom is 0.308 e. The fourth-order valence-electron chi connectivity index (χ4n) is 2.61. The molecular formula is C17H21N3O4S. The summed E-state index contributed by atoms with van der Waals surface area (Å²) in [6.07, 6.45) is 3.43. The topological polar surface area (TPSA) is 96.5 Å². The van der Waals surface area contributed by atoms with Crippen molar-refractivity contribution in [1.82, 2.24) is 15.0 Å². The summed E-state index contributed by atoms with van der Waals surface area (Å²) in [7, 11) is 0. The SMILES string of the molecule is CC(CN(C(=O)CCCc1nc(-c2cccs2)no1)C1CC1)C(=O)O. The van der Waals surface area contributed by atoms with Gasteiger partial charge in [-0.1, -0.05) is 18.1 Å². The summed E-state index contributed by atoms with van der Waals surface area (Å²) in [5.41, 5.74) is 0. The highest BCUT2D eigenvalue weighted by Crippen LogP contribution is 2.28. The van der Waals surface area contributed by atoms with Gasteiger partial charge in [0, 0.05) is 25.4 Å². The van der Waals surface area contributed by atoms with Crippen LogP contribution < -0.4 is 0 Å². The van der Waals surface area contributed by atoms with Crippen molar-refractivity contribution in [2.75, 3.05) is 6.54 Å². The summed E-state index contributed by atoms with van der Waals surface area (Å²) in [6.45, 7) is 1.91. The molecule has 0 bridgehead atoms. The van der Waals surface area contributed by atoms with Crippen LogP contribution >= 0.6 is 11.3 Å². The van der Waals surface area contributed by atoms with Crippen LogP contribution in [0.2, 0.25) is 0 Å². The number of thiophene rings is 1. The molecule has 1 fully saturated rings. The zero-order valence-corrected chi connectivity index (χ0v) is 14.9. The molecule has 2 aromatic rings. The third-order valence-corrected chi connectivity index (χ3v) is 5.06. The van der Waals surface area contributed by atoms with E-state index in [1.165, 1.54) is 0 Å². The van der Waals surface area contributed by atoms with E-state index in [-0.39, 0.29) is 18.5 Å². The Bertz CT molecular complexity index is 724. The second kappa shape index (κ2) is 7.77. The van der Waals surface area contributed by atoms with E-state index in [1.807, 2.05) is 17.5 Å². The largest absolute Gasteiger partial charge is 0.481 e. The summed E-state index contributed by atoms with van der Waals surface area (Å²) >= 11 is 1.55. The Balaban J connectivity index is 1.49. The van der Waals surface area contributed by atoms with Gasteiger partial charge in [-0.15, -0.1) is 11.3 Å². The van der Waals surface area contributed by atoms with Gasteiger partial charge in [-0.05, 0) is 30.7 Å². The molecule has 25 heavy (non-hydrogen) atoms. The Kier molecular flexibility index (Phi) is 5.47. The number of aromatic nitrogens is 2. The standard InChI is InChI=1S/C17H21N3O4S/c1-11(17(22)23)10-20(12-7-8-12)15(21)6-2-5-14-18-16(19-24-14)13-4-3-9-25-13/h3-4,9,11-12H,2,5-8,10H2,1H3,(H,22,23). The lowest BCUT2D eigenvalue weighted by Crippen LogP contribution is -2.38. The molecule has 2 heterocycles. The predicted octanol–water partition coefficient (Wildman–Crippen LogP) is 2.83. The van der Waals surface area contributed by atoms with Gasteiger partial charge in [0.15, 0.2) is 0 Å². The Hall–Kier alpha value is -2.22. The molecule has 1 unspecified atom stereocenters. The van der Waals surface area contributed by atoms with E-state index in [0.29, 0.717) is 31.0 Å². The van der Waals surface area contributed by atoms with Crippen LogP contribution in [-0.4, -0.2) is 44.6 Å². The third kappa shape index (κ3) is 4.66. The van der Waals surface area contributed by atoms with Gasteiger partial charge in [0.1, 0.15) is 0 Å². The van der Waals surface area contributed by atoms with Crippen molar-refractivity contribution >= 4 is 23.2 Å². The number of rotatable bonds is 9. The van der Waals surface area contributed by atoms with Crippen LogP contribution in [0.5, 0.6) is 0 Å². The highest BCUT2D eigenvalue weighted by Gasteiger charge is 2.34. The fourth-order valence-corrected chi connectivity index (χ4v) is 3.26. The Morgan fingerprint density at radius 2 is 2.28 bits per heavy atom. The number of amides is 1. The first-order chi connectivity index (χ1) is 12.0. The second-order valence-electron chi connectivity index (χ2n) is 6.36. The predicted molar refractivity (Wildman–Crippen MR) is 92.1 cm³/mol. The smallest absolute Gasteiger partial charge is 0.308 e. The van der Waals surface area contributed by atoms with E-state index in [0.717, 1.165) is 17.7 Å². The summed E-state index contributed by atoms with van der Waals surface area (Å²) < 4.78 is 5.23. The van der Waals surface area contributed by atoms with E-state index in [1.54, 1.807) is 23.2 Å². The maximum absolute atomic E-state index is 12.4. The van der Waals surface area contributed by atoms with Crippen LogP contribution in [0, 0.1) is 5.92 Å². The average Bonchev–Trinajstić information content (AvgIpc) is 3.08. The number of hydrogen-bond donors (Lipinski definition) is 1. The molecule has 0 spiro atoms. The zero-order valence-electron chi connectivity index (χ0n) is 14.1. The van der Waals surface area contributed by atoms with Crippen molar-refractivity contribution < 1.29 is 19.2 Å². The molecule has 0 aromatic carbocycles. The quantitative estimate of drug-likeness (QED) is 0.736. The van der Waals surface area contributed by atoms with E-state index in [2.05, 4.69) is 10.1 Å². The molecule has 2 aromatic heterocycles. The molecular weight excluding hydrogens is 342 g/mol. The Morgan fingerprint density at radius 1 is 1.48 bits per heavy atom.